The average Bonchev–Trinajstić information content (AvgIpc) is 3.08. The number of rotatable bonds is 4. The van der Waals surface area contributed by atoms with E-state index < -0.39 is 0 Å². The lowest BCUT2D eigenvalue weighted by molar-refractivity contribution is 0.0989. The summed E-state index contributed by atoms with van der Waals surface area (Å²) in [5.74, 6) is 0.235. The van der Waals surface area contributed by atoms with Gasteiger partial charge in [0.25, 0.3) is 0 Å². The van der Waals surface area contributed by atoms with Crippen LogP contribution in [0, 0.1) is 27.7 Å². The Kier molecular flexibility index (Phi) is 3.34. The number of carbonyl (C=O) groups excluding carboxylic acids is 1. The molecule has 17 heavy (non-hydrogen) atoms. The van der Waals surface area contributed by atoms with E-state index in [1.807, 2.05) is 13.8 Å². The SMILES string of the molecule is Cc1cc(C)c(C)c(C(=O)CNC2CC2)c1C. The summed E-state index contributed by atoms with van der Waals surface area (Å²) in [5, 5.41) is 3.30. The summed E-state index contributed by atoms with van der Waals surface area (Å²) in [4.78, 5) is 12.3. The maximum atomic E-state index is 12.3. The van der Waals surface area contributed by atoms with E-state index >= 15 is 0 Å². The summed E-state index contributed by atoms with van der Waals surface area (Å²) in [6, 6.07) is 2.75. The van der Waals surface area contributed by atoms with Crippen molar-refractivity contribution < 1.29 is 4.79 Å². The van der Waals surface area contributed by atoms with E-state index in [1.54, 1.807) is 0 Å². The smallest absolute Gasteiger partial charge is 0.177 e. The third kappa shape index (κ3) is 2.58. The van der Waals surface area contributed by atoms with Crippen molar-refractivity contribution in [2.45, 2.75) is 46.6 Å². The van der Waals surface area contributed by atoms with E-state index in [0.717, 1.165) is 16.7 Å². The van der Waals surface area contributed by atoms with Crippen LogP contribution in [0.1, 0.15) is 45.5 Å². The second kappa shape index (κ2) is 4.61. The fourth-order valence-corrected chi connectivity index (χ4v) is 2.25. The highest BCUT2D eigenvalue weighted by Crippen LogP contribution is 2.23. The standard InChI is InChI=1S/C15H21NO/c1-9-7-10(2)12(4)15(11(9)3)14(17)8-16-13-5-6-13/h7,13,16H,5-6,8H2,1-4H3. The Morgan fingerprint density at radius 2 is 1.71 bits per heavy atom. The number of Topliss-reactive ketones (excluding diaryl/α,β-unsaturated/α-hetero) is 1. The molecule has 2 heteroatoms. The van der Waals surface area contributed by atoms with Gasteiger partial charge in [0.1, 0.15) is 0 Å². The molecule has 1 fully saturated rings. The molecule has 1 aliphatic carbocycles. The van der Waals surface area contributed by atoms with E-state index in [4.69, 9.17) is 0 Å². The molecule has 1 aliphatic rings. The Morgan fingerprint density at radius 1 is 1.18 bits per heavy atom. The predicted octanol–water partition coefficient (Wildman–Crippen LogP) is 2.85. The lowest BCUT2D eigenvalue weighted by atomic mass is 9.91. The molecular formula is C15H21NO. The molecule has 2 nitrogen and oxygen atoms in total. The van der Waals surface area contributed by atoms with Gasteiger partial charge in [0.2, 0.25) is 0 Å². The third-order valence-corrected chi connectivity index (χ3v) is 3.77. The van der Waals surface area contributed by atoms with Gasteiger partial charge < -0.3 is 5.32 Å². The van der Waals surface area contributed by atoms with Crippen LogP contribution in [0.3, 0.4) is 0 Å². The van der Waals surface area contributed by atoms with Crippen molar-refractivity contribution >= 4 is 5.78 Å². The lowest BCUT2D eigenvalue weighted by Crippen LogP contribution is -2.26. The molecule has 0 saturated heterocycles. The van der Waals surface area contributed by atoms with Crippen LogP contribution in [0.25, 0.3) is 0 Å². The molecule has 1 N–H and O–H groups in total. The van der Waals surface area contributed by atoms with Crippen LogP contribution < -0.4 is 5.32 Å². The minimum absolute atomic E-state index is 0.235. The van der Waals surface area contributed by atoms with Crippen molar-refractivity contribution in [3.8, 4) is 0 Å². The summed E-state index contributed by atoms with van der Waals surface area (Å²) >= 11 is 0. The molecule has 0 radical (unpaired) electrons. The molecule has 0 heterocycles. The number of hydrogen-bond acceptors (Lipinski definition) is 2. The maximum absolute atomic E-state index is 12.3. The molecule has 0 bridgehead atoms. The van der Waals surface area contributed by atoms with Gasteiger partial charge in [0.15, 0.2) is 5.78 Å². The Hall–Kier alpha value is -1.15. The first-order chi connectivity index (χ1) is 8.00. The predicted molar refractivity (Wildman–Crippen MR) is 70.7 cm³/mol. The van der Waals surface area contributed by atoms with Crippen molar-refractivity contribution in [1.82, 2.24) is 5.32 Å². The minimum atomic E-state index is 0.235. The molecule has 0 amide bonds. The van der Waals surface area contributed by atoms with Crippen molar-refractivity contribution in [2.24, 2.45) is 0 Å². The molecule has 0 aliphatic heterocycles. The first kappa shape index (κ1) is 12.3. The third-order valence-electron chi connectivity index (χ3n) is 3.77. The van der Waals surface area contributed by atoms with Crippen molar-refractivity contribution in [2.75, 3.05) is 6.54 Å². The summed E-state index contributed by atoms with van der Waals surface area (Å²) < 4.78 is 0. The second-order valence-electron chi connectivity index (χ2n) is 5.21. The van der Waals surface area contributed by atoms with E-state index in [2.05, 4.69) is 25.2 Å². The van der Waals surface area contributed by atoms with Gasteiger partial charge in [-0.3, -0.25) is 4.79 Å². The van der Waals surface area contributed by atoms with E-state index in [-0.39, 0.29) is 5.78 Å². The number of benzene rings is 1. The molecule has 0 spiro atoms. The summed E-state index contributed by atoms with van der Waals surface area (Å²) in [7, 11) is 0. The minimum Gasteiger partial charge on any atom is -0.307 e. The Balaban J connectivity index is 2.25. The molecule has 0 atom stereocenters. The van der Waals surface area contributed by atoms with Crippen LogP contribution >= 0.6 is 0 Å². The molecule has 1 aromatic rings. The van der Waals surface area contributed by atoms with Gasteiger partial charge in [0, 0.05) is 11.6 Å². The van der Waals surface area contributed by atoms with E-state index in [0.29, 0.717) is 12.6 Å². The zero-order valence-corrected chi connectivity index (χ0v) is 11.2. The quantitative estimate of drug-likeness (QED) is 0.807. The van der Waals surface area contributed by atoms with Crippen molar-refractivity contribution in [3.05, 3.63) is 33.9 Å². The van der Waals surface area contributed by atoms with Gasteiger partial charge in [-0.05, 0) is 62.8 Å². The fraction of sp³-hybridized carbons (Fsp3) is 0.533. The molecule has 92 valence electrons. The topological polar surface area (TPSA) is 29.1 Å². The zero-order chi connectivity index (χ0) is 12.6. The van der Waals surface area contributed by atoms with Crippen molar-refractivity contribution in [3.63, 3.8) is 0 Å². The van der Waals surface area contributed by atoms with Gasteiger partial charge in [0.05, 0.1) is 6.54 Å². The van der Waals surface area contributed by atoms with Gasteiger partial charge in [-0.15, -0.1) is 0 Å². The largest absolute Gasteiger partial charge is 0.307 e. The summed E-state index contributed by atoms with van der Waals surface area (Å²) in [6.45, 7) is 8.73. The molecule has 1 aromatic carbocycles. The number of hydrogen-bond donors (Lipinski definition) is 1. The highest BCUT2D eigenvalue weighted by molar-refractivity contribution is 6.00. The van der Waals surface area contributed by atoms with Crippen molar-refractivity contribution in [1.29, 1.82) is 0 Å². The van der Waals surface area contributed by atoms with E-state index in [9.17, 15) is 4.79 Å². The number of nitrogens with one attached hydrogen (secondary N) is 1. The van der Waals surface area contributed by atoms with Crippen LogP contribution in [0.5, 0.6) is 0 Å². The van der Waals surface area contributed by atoms with Gasteiger partial charge in [-0.25, -0.2) is 0 Å². The van der Waals surface area contributed by atoms with Crippen LogP contribution in [-0.4, -0.2) is 18.4 Å². The molecule has 1 saturated carbocycles. The van der Waals surface area contributed by atoms with Gasteiger partial charge >= 0.3 is 0 Å². The average molecular weight is 231 g/mol. The number of carbonyl (C=O) groups is 1. The normalized spacial score (nSPS) is 15.1. The van der Waals surface area contributed by atoms with E-state index in [1.165, 1.54) is 24.0 Å². The Bertz CT molecular complexity index is 432. The van der Waals surface area contributed by atoms with Gasteiger partial charge in [-0.2, -0.15) is 0 Å². The van der Waals surface area contributed by atoms with Gasteiger partial charge in [-0.1, -0.05) is 6.07 Å². The highest BCUT2D eigenvalue weighted by Gasteiger charge is 2.22. The van der Waals surface area contributed by atoms with Crippen LogP contribution in [0.4, 0.5) is 0 Å². The molecule has 0 unspecified atom stereocenters. The number of ketones is 1. The summed E-state index contributed by atoms with van der Waals surface area (Å²) in [6.07, 6.45) is 2.44. The fourth-order valence-electron chi connectivity index (χ4n) is 2.25. The lowest BCUT2D eigenvalue weighted by Gasteiger charge is -2.14. The number of aryl methyl sites for hydroxylation is 2. The first-order valence-corrected chi connectivity index (χ1v) is 6.34. The monoisotopic (exact) mass is 231 g/mol. The molecular weight excluding hydrogens is 210 g/mol. The Labute approximate surface area is 103 Å². The summed E-state index contributed by atoms with van der Waals surface area (Å²) in [5.41, 5.74) is 5.62. The Morgan fingerprint density at radius 3 is 2.18 bits per heavy atom. The maximum Gasteiger partial charge on any atom is 0.177 e. The van der Waals surface area contributed by atoms with Crippen LogP contribution in [-0.2, 0) is 0 Å². The van der Waals surface area contributed by atoms with Crippen LogP contribution in [0.15, 0.2) is 6.07 Å². The highest BCUT2D eigenvalue weighted by atomic mass is 16.1. The zero-order valence-electron chi connectivity index (χ0n) is 11.2. The first-order valence-electron chi connectivity index (χ1n) is 6.34. The van der Waals surface area contributed by atoms with Crippen LogP contribution in [0.2, 0.25) is 0 Å². The second-order valence-corrected chi connectivity index (χ2v) is 5.21. The molecule has 0 aromatic heterocycles. The molecule has 2 rings (SSSR count).